The molecule has 0 spiro atoms. The van der Waals surface area contributed by atoms with Gasteiger partial charge in [-0.3, -0.25) is 0 Å². The fourth-order valence-corrected chi connectivity index (χ4v) is 0. The molecule has 0 aromatic carbocycles. The molecule has 0 saturated heterocycles. The van der Waals surface area contributed by atoms with Gasteiger partial charge in [0.25, 0.3) is 0 Å². The summed E-state index contributed by atoms with van der Waals surface area (Å²) >= 11 is 0. The third-order valence-corrected chi connectivity index (χ3v) is 0. The van der Waals surface area contributed by atoms with Gasteiger partial charge in [0, 0.05) is 0 Å². The first-order valence-corrected chi connectivity index (χ1v) is 2.00. The maximum atomic E-state index is 3.00. The van der Waals surface area contributed by atoms with Crippen molar-refractivity contribution in [1.82, 2.24) is 0 Å². The van der Waals surface area contributed by atoms with Crippen LogP contribution < -0.4 is 0 Å². The monoisotopic (exact) mass is 148 g/mol. The Balaban J connectivity index is -0.00000000762. The third-order valence-electron chi connectivity index (χ3n) is 0. The van der Waals surface area contributed by atoms with E-state index in [2.05, 4.69) is 52.6 Å². The Morgan fingerprint density at radius 2 is 0.333 bits per heavy atom. The molecule has 0 nitrogen and oxygen atoms in total. The van der Waals surface area contributed by atoms with Crippen LogP contribution in [0.15, 0.2) is 52.6 Å². The van der Waals surface area contributed by atoms with Crippen LogP contribution >= 0.6 is 12.4 Å². The van der Waals surface area contributed by atoms with E-state index in [1.165, 1.54) is 0 Å². The zero-order valence-electron chi connectivity index (χ0n) is 6.07. The molecule has 0 unspecified atom stereocenters. The van der Waals surface area contributed by atoms with Crippen LogP contribution in [0, 0.1) is 0 Å². The smallest absolute Gasteiger partial charge is 0.106 e. The first-order valence-electron chi connectivity index (χ1n) is 2.00. The van der Waals surface area contributed by atoms with Crippen molar-refractivity contribution in [2.45, 2.75) is 0 Å². The van der Waals surface area contributed by atoms with Gasteiger partial charge in [-0.15, -0.1) is 65.0 Å². The molecule has 0 N–H and O–H groups in total. The molecule has 0 radical (unpaired) electrons. The van der Waals surface area contributed by atoms with Crippen LogP contribution in [-0.2, 0) is 0 Å². The minimum absolute atomic E-state index is 0. The van der Waals surface area contributed by atoms with Crippen LogP contribution in [0.3, 0.4) is 0 Å². The van der Waals surface area contributed by atoms with Crippen LogP contribution in [0.25, 0.3) is 0 Å². The van der Waals surface area contributed by atoms with Gasteiger partial charge in [-0.2, -0.15) is 0 Å². The summed E-state index contributed by atoms with van der Waals surface area (Å²) < 4.78 is 0. The van der Waals surface area contributed by atoms with Crippen LogP contribution in [0.2, 0.25) is 0 Å². The van der Waals surface area contributed by atoms with Gasteiger partial charge in [0.1, 0.15) is 0 Å². The second kappa shape index (κ2) is 503. The zero-order valence-corrected chi connectivity index (χ0v) is 6.88. The second-order valence-corrected chi connectivity index (χ2v) is 0. The lowest BCUT2D eigenvalue weighted by molar-refractivity contribution is 2.81. The summed E-state index contributed by atoms with van der Waals surface area (Å²) in [4.78, 5) is 0. The maximum Gasteiger partial charge on any atom is -0.106 e. The Bertz CT molecular complexity index is 12.5. The number of hydrogen-bond acceptors (Lipinski definition) is 0. The fraction of sp³-hybridized carbons (Fsp3) is 0. The average molecular weight is 149 g/mol. The molecule has 0 bridgehead atoms. The zero-order chi connectivity index (χ0) is 8.00. The summed E-state index contributed by atoms with van der Waals surface area (Å²) in [5.74, 6) is 0. The molecule has 9 heavy (non-hydrogen) atoms. The minimum atomic E-state index is 0. The van der Waals surface area contributed by atoms with E-state index >= 15 is 0 Å². The Hall–Kier alpha value is -0.750. The lowest BCUT2D eigenvalue weighted by atomic mass is 11.3. The maximum absolute atomic E-state index is 3.00. The van der Waals surface area contributed by atoms with Crippen LogP contribution in [0.4, 0.5) is 0 Å². The van der Waals surface area contributed by atoms with Gasteiger partial charge in [0.15, 0.2) is 0 Å². The molecule has 0 amide bonds. The lowest BCUT2D eigenvalue weighted by Gasteiger charge is -0.813. The number of rotatable bonds is 0. The van der Waals surface area contributed by atoms with Crippen LogP contribution in [-0.4, -0.2) is 0 Å². The van der Waals surface area contributed by atoms with Crippen molar-refractivity contribution in [3.8, 4) is 0 Å². The van der Waals surface area contributed by atoms with Gasteiger partial charge in [0.05, 0.1) is 0 Å². The summed E-state index contributed by atoms with van der Waals surface area (Å²) in [5.41, 5.74) is 0. The first-order chi connectivity index (χ1) is 4.00. The lowest BCUT2D eigenvalue weighted by Crippen LogP contribution is -0.552. The predicted molar refractivity (Wildman–Crippen MR) is 52.3 cm³/mol. The Labute approximate surface area is 65.7 Å². The molecule has 1 heteroatoms. The average Bonchev–Trinajstić information content (AvgIpc) is 2.03. The van der Waals surface area contributed by atoms with Gasteiger partial charge >= 0.3 is 0 Å². The highest BCUT2D eigenvalue weighted by molar-refractivity contribution is 5.85. The van der Waals surface area contributed by atoms with E-state index in [0.29, 0.717) is 0 Å². The Morgan fingerprint density at radius 1 is 0.333 bits per heavy atom. The van der Waals surface area contributed by atoms with E-state index in [9.17, 15) is 0 Å². The largest absolute Gasteiger partial charge is 0.147 e. The molecule has 0 aliphatic carbocycles. The van der Waals surface area contributed by atoms with Crippen molar-refractivity contribution < 1.29 is 0 Å². The molecule has 0 aromatic heterocycles. The van der Waals surface area contributed by atoms with Crippen molar-refractivity contribution in [2.75, 3.05) is 0 Å². The second-order valence-electron chi connectivity index (χ2n) is 0. The van der Waals surface area contributed by atoms with Crippen molar-refractivity contribution in [2.24, 2.45) is 0 Å². The summed E-state index contributed by atoms with van der Waals surface area (Å²) in [7, 11) is 0. The summed E-state index contributed by atoms with van der Waals surface area (Å²) in [6.07, 6.45) is 0. The molecule has 56 valence electrons. The highest BCUT2D eigenvalue weighted by atomic mass is 35.5. The van der Waals surface area contributed by atoms with Crippen LogP contribution in [0.1, 0.15) is 0 Å². The normalized spacial score (nSPS) is 1.78. The molecule has 0 heterocycles. The van der Waals surface area contributed by atoms with Crippen molar-refractivity contribution in [3.05, 3.63) is 52.6 Å². The van der Waals surface area contributed by atoms with Gasteiger partial charge in [-0.25, -0.2) is 0 Å². The summed E-state index contributed by atoms with van der Waals surface area (Å²) in [5, 5.41) is 0. The van der Waals surface area contributed by atoms with E-state index in [1.807, 2.05) is 0 Å². The standard InChI is InChI=1S/4C2H4.ClH/c4*1-2;/h4*1-2H2;1H. The third kappa shape index (κ3) is 355. The molecule has 0 saturated carbocycles. The highest BCUT2D eigenvalue weighted by Gasteiger charge is 0.607. The molecular formula is C8H17Cl. The predicted octanol–water partition coefficient (Wildman–Crippen LogP) is 3.63. The summed E-state index contributed by atoms with van der Waals surface area (Å²) in [6, 6.07) is 0. The number of hydrogen-bond donors (Lipinski definition) is 0. The van der Waals surface area contributed by atoms with E-state index < -0.39 is 0 Å². The van der Waals surface area contributed by atoms with Crippen LogP contribution in [0.5, 0.6) is 0 Å². The SMILES string of the molecule is C=C.C=C.C=C.C=C.Cl. The molecule has 0 aliphatic heterocycles. The molecule has 0 aliphatic rings. The van der Waals surface area contributed by atoms with Crippen molar-refractivity contribution in [3.63, 3.8) is 0 Å². The first kappa shape index (κ1) is 41.1. The summed E-state index contributed by atoms with van der Waals surface area (Å²) in [6.45, 7) is 24.0. The van der Waals surface area contributed by atoms with E-state index in [1.54, 1.807) is 0 Å². The molecule has 0 fully saturated rings. The van der Waals surface area contributed by atoms with Crippen molar-refractivity contribution in [1.29, 1.82) is 0 Å². The quantitative estimate of drug-likeness (QED) is 0.461. The molecule has 0 aromatic rings. The van der Waals surface area contributed by atoms with E-state index in [-0.39, 0.29) is 12.4 Å². The minimum Gasteiger partial charge on any atom is -0.147 e. The molecule has 0 rings (SSSR count). The molecule has 0 atom stereocenters. The van der Waals surface area contributed by atoms with Crippen molar-refractivity contribution >= 4 is 12.4 Å². The van der Waals surface area contributed by atoms with Gasteiger partial charge < -0.3 is 0 Å². The van der Waals surface area contributed by atoms with Gasteiger partial charge in [-0.05, 0) is 0 Å². The Kier molecular flexibility index (Phi) is 2300. The fourth-order valence-electron chi connectivity index (χ4n) is 0. The molecular weight excluding hydrogens is 132 g/mol. The Morgan fingerprint density at radius 3 is 0.333 bits per heavy atom. The number of halogens is 1. The van der Waals surface area contributed by atoms with Gasteiger partial charge in [0.2, 0.25) is 0 Å². The highest BCUT2D eigenvalue weighted by Crippen LogP contribution is 0.868. The van der Waals surface area contributed by atoms with Gasteiger partial charge in [-0.1, -0.05) is 0 Å². The van der Waals surface area contributed by atoms with E-state index in [4.69, 9.17) is 0 Å². The topological polar surface area (TPSA) is 0 Å². The van der Waals surface area contributed by atoms with E-state index in [0.717, 1.165) is 0 Å².